The third-order valence-electron chi connectivity index (χ3n) is 4.67. The van der Waals surface area contributed by atoms with Crippen LogP contribution in [0.15, 0.2) is 37.2 Å². The van der Waals surface area contributed by atoms with Gasteiger partial charge in [0.05, 0.1) is 35.4 Å². The van der Waals surface area contributed by atoms with E-state index in [1.807, 2.05) is 26.1 Å². The highest BCUT2D eigenvalue weighted by atomic mass is 19.3. The van der Waals surface area contributed by atoms with Gasteiger partial charge in [0, 0.05) is 6.20 Å². The lowest BCUT2D eigenvalue weighted by Crippen LogP contribution is -2.06. The third kappa shape index (κ3) is 3.11. The van der Waals surface area contributed by atoms with Crippen LogP contribution in [0.5, 0.6) is 0 Å². The largest absolute Gasteiger partial charge is 0.323 e. The summed E-state index contributed by atoms with van der Waals surface area (Å²) in [5, 5.41) is 16.5. The maximum Gasteiger partial charge on any atom is 0.257 e. The molecule has 0 aromatic carbocycles. The van der Waals surface area contributed by atoms with Crippen molar-refractivity contribution in [1.29, 1.82) is 0 Å². The fourth-order valence-electron chi connectivity index (χ4n) is 3.19. The Kier molecular flexibility index (Phi) is 4.12. The Labute approximate surface area is 168 Å². The van der Waals surface area contributed by atoms with E-state index in [0.717, 1.165) is 28.0 Å². The monoisotopic (exact) mass is 410 g/mol. The van der Waals surface area contributed by atoms with Gasteiger partial charge in [-0.3, -0.25) is 4.68 Å². The summed E-state index contributed by atoms with van der Waals surface area (Å²) in [6.07, 6.45) is 5.47. The van der Waals surface area contributed by atoms with E-state index >= 15 is 0 Å². The lowest BCUT2D eigenvalue weighted by molar-refractivity contribution is 0.122. The number of alkyl halides is 2. The molecule has 5 rings (SSSR count). The first-order chi connectivity index (χ1) is 14.5. The highest BCUT2D eigenvalue weighted by molar-refractivity contribution is 5.80. The van der Waals surface area contributed by atoms with Crippen LogP contribution in [0.1, 0.15) is 11.3 Å². The number of nitrogens with one attached hydrogen (secondary N) is 1. The number of hydrogen-bond donors (Lipinski definition) is 1. The zero-order valence-corrected chi connectivity index (χ0v) is 16.0. The minimum absolute atomic E-state index is 0.367. The third-order valence-corrected chi connectivity index (χ3v) is 4.67. The molecule has 0 aliphatic heterocycles. The summed E-state index contributed by atoms with van der Waals surface area (Å²) in [4.78, 5) is 13.1. The van der Waals surface area contributed by atoms with Gasteiger partial charge in [-0.05, 0) is 25.5 Å². The molecule has 0 atom stereocenters. The number of nitrogens with zero attached hydrogens (tertiary/aromatic N) is 9. The molecule has 0 bridgehead atoms. The van der Waals surface area contributed by atoms with E-state index in [9.17, 15) is 8.78 Å². The predicted octanol–water partition coefficient (Wildman–Crippen LogP) is 2.68. The van der Waals surface area contributed by atoms with Crippen LogP contribution >= 0.6 is 0 Å². The fraction of sp³-hybridized carbons (Fsp3) is 0.222. The van der Waals surface area contributed by atoms with E-state index in [0.29, 0.717) is 17.3 Å². The van der Waals surface area contributed by atoms with E-state index < -0.39 is 13.0 Å². The number of hydrogen-bond acceptors (Lipinski definition) is 7. The average Bonchev–Trinajstić information content (AvgIpc) is 3.41. The van der Waals surface area contributed by atoms with Crippen molar-refractivity contribution >= 4 is 28.3 Å². The van der Waals surface area contributed by atoms with Crippen LogP contribution in [0.25, 0.3) is 22.4 Å². The van der Waals surface area contributed by atoms with Crippen LogP contribution in [0.4, 0.5) is 20.4 Å². The van der Waals surface area contributed by atoms with Crippen molar-refractivity contribution in [2.24, 2.45) is 0 Å². The van der Waals surface area contributed by atoms with Crippen LogP contribution in [0.2, 0.25) is 0 Å². The number of aromatic nitrogens is 9. The van der Waals surface area contributed by atoms with Gasteiger partial charge < -0.3 is 5.32 Å². The van der Waals surface area contributed by atoms with Gasteiger partial charge in [0.15, 0.2) is 11.3 Å². The summed E-state index contributed by atoms with van der Waals surface area (Å²) < 4.78 is 29.7. The Morgan fingerprint density at radius 1 is 1.10 bits per heavy atom. The minimum atomic E-state index is -2.49. The van der Waals surface area contributed by atoms with Gasteiger partial charge in [-0.1, -0.05) is 0 Å². The van der Waals surface area contributed by atoms with Crippen molar-refractivity contribution in [2.45, 2.75) is 26.8 Å². The highest BCUT2D eigenvalue weighted by Crippen LogP contribution is 2.23. The molecule has 30 heavy (non-hydrogen) atoms. The first-order valence-corrected chi connectivity index (χ1v) is 9.08. The standard InChI is InChI=1S/C18H16F2N10/c1-10-3-16-22-9-24-29(16)7-14(10)25-18-21-5-13-11(2)27-30(17(13)26-18)12-4-23-28(6-12)8-15(19)20/h3-7,9,15H,8H2,1-2H3,(H,21,25,26). The van der Waals surface area contributed by atoms with Gasteiger partial charge in [-0.25, -0.2) is 27.9 Å². The summed E-state index contributed by atoms with van der Waals surface area (Å²) in [5.74, 6) is 0.367. The van der Waals surface area contributed by atoms with Crippen molar-refractivity contribution in [3.05, 3.63) is 48.4 Å². The molecule has 152 valence electrons. The smallest absolute Gasteiger partial charge is 0.257 e. The molecule has 1 N–H and O–H groups in total. The second kappa shape index (κ2) is 6.83. The first kappa shape index (κ1) is 18.1. The Bertz CT molecular complexity index is 1370. The van der Waals surface area contributed by atoms with Gasteiger partial charge in [-0.2, -0.15) is 20.3 Å². The van der Waals surface area contributed by atoms with Crippen LogP contribution in [-0.2, 0) is 6.54 Å². The van der Waals surface area contributed by atoms with Crippen LogP contribution < -0.4 is 5.32 Å². The quantitative estimate of drug-likeness (QED) is 0.475. The molecule has 10 nitrogen and oxygen atoms in total. The molecule has 0 saturated carbocycles. The molecule has 0 radical (unpaired) electrons. The molecule has 12 heteroatoms. The van der Waals surface area contributed by atoms with Gasteiger partial charge >= 0.3 is 0 Å². The maximum atomic E-state index is 12.6. The summed E-state index contributed by atoms with van der Waals surface area (Å²) in [5.41, 5.74) is 4.28. The molecular weight excluding hydrogens is 394 g/mol. The molecule has 0 saturated heterocycles. The van der Waals surface area contributed by atoms with E-state index in [1.54, 1.807) is 15.4 Å². The fourth-order valence-corrected chi connectivity index (χ4v) is 3.19. The zero-order valence-electron chi connectivity index (χ0n) is 16.0. The van der Waals surface area contributed by atoms with E-state index in [2.05, 4.69) is 35.6 Å². The summed E-state index contributed by atoms with van der Waals surface area (Å²) in [7, 11) is 0. The van der Waals surface area contributed by atoms with Crippen LogP contribution in [-0.4, -0.2) is 50.6 Å². The molecule has 0 unspecified atom stereocenters. The number of fused-ring (bicyclic) bond motifs is 2. The second-order valence-electron chi connectivity index (χ2n) is 6.80. The average molecular weight is 410 g/mol. The normalized spacial score (nSPS) is 11.8. The van der Waals surface area contributed by atoms with Gasteiger partial charge in [0.2, 0.25) is 5.95 Å². The molecule has 0 spiro atoms. The lowest BCUT2D eigenvalue weighted by Gasteiger charge is -2.08. The Balaban J connectivity index is 1.54. The topological polar surface area (TPSA) is 104 Å². The van der Waals surface area contributed by atoms with Crippen molar-refractivity contribution < 1.29 is 8.78 Å². The molecular formula is C18H16F2N10. The Morgan fingerprint density at radius 2 is 1.97 bits per heavy atom. The van der Waals surface area contributed by atoms with Crippen molar-refractivity contribution in [2.75, 3.05) is 5.32 Å². The molecule has 5 heterocycles. The molecule has 0 aliphatic rings. The van der Waals surface area contributed by atoms with Crippen molar-refractivity contribution in [1.82, 2.24) is 44.1 Å². The van der Waals surface area contributed by atoms with Crippen LogP contribution in [0.3, 0.4) is 0 Å². The van der Waals surface area contributed by atoms with Crippen LogP contribution in [0, 0.1) is 13.8 Å². The SMILES string of the molecule is Cc1cc2ncnn2cc1Nc1ncc2c(C)nn(-c3cnn(CC(F)F)c3)c2n1. The summed E-state index contributed by atoms with van der Waals surface area (Å²) >= 11 is 0. The minimum Gasteiger partial charge on any atom is -0.323 e. The van der Waals surface area contributed by atoms with Gasteiger partial charge in [0.25, 0.3) is 6.43 Å². The number of pyridine rings is 1. The second-order valence-corrected chi connectivity index (χ2v) is 6.80. The lowest BCUT2D eigenvalue weighted by atomic mass is 10.2. The highest BCUT2D eigenvalue weighted by Gasteiger charge is 2.15. The van der Waals surface area contributed by atoms with Crippen molar-refractivity contribution in [3.63, 3.8) is 0 Å². The van der Waals surface area contributed by atoms with Gasteiger partial charge in [0.1, 0.15) is 18.6 Å². The summed E-state index contributed by atoms with van der Waals surface area (Å²) in [6, 6.07) is 1.90. The molecule has 0 amide bonds. The number of rotatable bonds is 5. The van der Waals surface area contributed by atoms with Crippen molar-refractivity contribution in [3.8, 4) is 5.69 Å². The molecule has 5 aromatic heterocycles. The number of halogens is 2. The number of anilines is 2. The van der Waals surface area contributed by atoms with E-state index in [-0.39, 0.29) is 0 Å². The zero-order chi connectivity index (χ0) is 20.8. The first-order valence-electron chi connectivity index (χ1n) is 9.08. The predicted molar refractivity (Wildman–Crippen MR) is 104 cm³/mol. The van der Waals surface area contributed by atoms with Gasteiger partial charge in [-0.15, -0.1) is 0 Å². The Morgan fingerprint density at radius 3 is 2.80 bits per heavy atom. The molecule has 0 aliphatic carbocycles. The molecule has 5 aromatic rings. The molecule has 0 fully saturated rings. The Hall–Kier alpha value is -3.96. The van der Waals surface area contributed by atoms with E-state index in [4.69, 9.17) is 0 Å². The summed E-state index contributed by atoms with van der Waals surface area (Å²) in [6.45, 7) is 3.30. The van der Waals surface area contributed by atoms with E-state index in [1.165, 1.54) is 23.4 Å². The number of aryl methyl sites for hydroxylation is 2. The maximum absolute atomic E-state index is 12.6.